The molecule has 5 rings (SSSR count). The molecule has 8 nitrogen and oxygen atoms in total. The zero-order valence-electron chi connectivity index (χ0n) is 15.3. The normalized spacial score (nSPS) is 11.5. The zero-order valence-corrected chi connectivity index (χ0v) is 15.3. The molecule has 0 unspecified atom stereocenters. The van der Waals surface area contributed by atoms with Crippen LogP contribution in [0.5, 0.6) is 0 Å². The average molecular weight is 389 g/mol. The van der Waals surface area contributed by atoms with Gasteiger partial charge in [-0.15, -0.1) is 5.10 Å². The number of rotatable bonds is 5. The Bertz CT molecular complexity index is 1330. The van der Waals surface area contributed by atoms with E-state index in [4.69, 9.17) is 5.11 Å². The fourth-order valence-electron chi connectivity index (χ4n) is 3.29. The van der Waals surface area contributed by atoms with Crippen molar-refractivity contribution < 1.29 is 9.50 Å². The van der Waals surface area contributed by atoms with E-state index in [1.165, 1.54) is 0 Å². The second-order valence-electron chi connectivity index (χ2n) is 6.61. The molecule has 0 bridgehead atoms. The molecule has 0 fully saturated rings. The van der Waals surface area contributed by atoms with Gasteiger partial charge < -0.3 is 5.11 Å². The SMILES string of the molecule is OCCn1cc(-c2ccc3nnn(Cc4ccc5ncccc5c4F)c3n2)cn1. The predicted molar refractivity (Wildman–Crippen MR) is 104 cm³/mol. The molecule has 4 aromatic heterocycles. The zero-order chi connectivity index (χ0) is 19.8. The summed E-state index contributed by atoms with van der Waals surface area (Å²) in [4.78, 5) is 8.83. The second-order valence-corrected chi connectivity index (χ2v) is 6.61. The molecule has 0 aliphatic rings. The highest BCUT2D eigenvalue weighted by Gasteiger charge is 2.13. The maximum Gasteiger partial charge on any atom is 0.179 e. The molecule has 0 radical (unpaired) electrons. The molecule has 144 valence electrons. The van der Waals surface area contributed by atoms with Crippen LogP contribution in [0.15, 0.2) is 55.0 Å². The topological polar surface area (TPSA) is 94.5 Å². The lowest BCUT2D eigenvalue weighted by Gasteiger charge is -2.07. The van der Waals surface area contributed by atoms with Crippen LogP contribution >= 0.6 is 0 Å². The molecule has 0 atom stereocenters. The number of aliphatic hydroxyl groups excluding tert-OH is 1. The third-order valence-electron chi connectivity index (χ3n) is 4.74. The van der Waals surface area contributed by atoms with Crippen molar-refractivity contribution in [2.75, 3.05) is 6.61 Å². The lowest BCUT2D eigenvalue weighted by Crippen LogP contribution is -2.05. The highest BCUT2D eigenvalue weighted by atomic mass is 19.1. The van der Waals surface area contributed by atoms with E-state index in [1.807, 2.05) is 18.3 Å². The van der Waals surface area contributed by atoms with Crippen LogP contribution in [0.4, 0.5) is 4.39 Å². The summed E-state index contributed by atoms with van der Waals surface area (Å²) < 4.78 is 18.2. The van der Waals surface area contributed by atoms with Crippen LogP contribution in [0.2, 0.25) is 0 Å². The third-order valence-corrected chi connectivity index (χ3v) is 4.74. The Hall–Kier alpha value is -3.72. The predicted octanol–water partition coefficient (Wildman–Crippen LogP) is 2.42. The van der Waals surface area contributed by atoms with Crippen LogP contribution in [0.25, 0.3) is 33.3 Å². The minimum absolute atomic E-state index is 0.0110. The molecule has 0 spiro atoms. The number of hydrogen-bond donors (Lipinski definition) is 1. The van der Waals surface area contributed by atoms with Crippen molar-refractivity contribution in [3.63, 3.8) is 0 Å². The van der Waals surface area contributed by atoms with Crippen molar-refractivity contribution in [2.45, 2.75) is 13.1 Å². The molecule has 0 amide bonds. The van der Waals surface area contributed by atoms with Gasteiger partial charge in [-0.2, -0.15) is 5.10 Å². The summed E-state index contributed by atoms with van der Waals surface area (Å²) in [5.41, 5.74) is 3.80. The third kappa shape index (κ3) is 3.11. The quantitative estimate of drug-likeness (QED) is 0.496. The molecule has 0 aliphatic carbocycles. The monoisotopic (exact) mass is 389 g/mol. The molecular formula is C20H16FN7O. The Kier molecular flexibility index (Phi) is 4.21. The Morgan fingerprint density at radius 2 is 1.97 bits per heavy atom. The van der Waals surface area contributed by atoms with Crippen LogP contribution in [0.1, 0.15) is 5.56 Å². The van der Waals surface area contributed by atoms with Crippen LogP contribution in [-0.4, -0.2) is 46.5 Å². The van der Waals surface area contributed by atoms with Gasteiger partial charge in [-0.25, -0.2) is 14.1 Å². The van der Waals surface area contributed by atoms with Gasteiger partial charge in [0.2, 0.25) is 0 Å². The standard InChI is InChI=1S/C20H16FN7O/c21-19-13(3-4-17-15(19)2-1-7-22-17)12-28-20-18(25-26-28)6-5-16(24-20)14-10-23-27(11-14)8-9-29/h1-7,10-11,29H,8-9,12H2. The number of aromatic nitrogens is 7. The minimum atomic E-state index is -0.319. The molecule has 5 aromatic rings. The highest BCUT2D eigenvalue weighted by Crippen LogP contribution is 2.23. The van der Waals surface area contributed by atoms with E-state index in [-0.39, 0.29) is 19.0 Å². The number of benzene rings is 1. The van der Waals surface area contributed by atoms with E-state index in [0.717, 1.165) is 5.56 Å². The van der Waals surface area contributed by atoms with Gasteiger partial charge in [0.25, 0.3) is 0 Å². The van der Waals surface area contributed by atoms with Crippen LogP contribution in [0, 0.1) is 5.82 Å². The smallest absolute Gasteiger partial charge is 0.179 e. The lowest BCUT2D eigenvalue weighted by atomic mass is 10.1. The van der Waals surface area contributed by atoms with Crippen molar-refractivity contribution in [3.8, 4) is 11.3 Å². The van der Waals surface area contributed by atoms with Gasteiger partial charge in [-0.05, 0) is 30.3 Å². The van der Waals surface area contributed by atoms with E-state index in [1.54, 1.807) is 46.0 Å². The number of halogens is 1. The molecule has 0 aliphatic heterocycles. The molecule has 29 heavy (non-hydrogen) atoms. The largest absolute Gasteiger partial charge is 0.394 e. The van der Waals surface area contributed by atoms with Gasteiger partial charge in [0.1, 0.15) is 11.3 Å². The van der Waals surface area contributed by atoms with Crippen molar-refractivity contribution in [1.82, 2.24) is 34.7 Å². The molecule has 4 heterocycles. The van der Waals surface area contributed by atoms with Gasteiger partial charge >= 0.3 is 0 Å². The molecule has 1 N–H and O–H groups in total. The molecule has 0 saturated heterocycles. The Morgan fingerprint density at radius 1 is 1.07 bits per heavy atom. The van der Waals surface area contributed by atoms with Crippen molar-refractivity contribution in [2.24, 2.45) is 0 Å². The fraction of sp³-hybridized carbons (Fsp3) is 0.150. The van der Waals surface area contributed by atoms with E-state index < -0.39 is 0 Å². The van der Waals surface area contributed by atoms with Crippen LogP contribution in [-0.2, 0) is 13.1 Å². The second kappa shape index (κ2) is 7.02. The summed E-state index contributed by atoms with van der Waals surface area (Å²) in [7, 11) is 0. The number of nitrogens with zero attached hydrogens (tertiary/aromatic N) is 7. The maximum atomic E-state index is 14.9. The first-order chi connectivity index (χ1) is 14.2. The maximum absolute atomic E-state index is 14.9. The summed E-state index contributed by atoms with van der Waals surface area (Å²) in [6, 6.07) is 10.6. The molecular weight excluding hydrogens is 373 g/mol. The molecule has 1 aromatic carbocycles. The highest BCUT2D eigenvalue weighted by molar-refractivity contribution is 5.80. The molecule has 0 saturated carbocycles. The van der Waals surface area contributed by atoms with Crippen LogP contribution < -0.4 is 0 Å². The van der Waals surface area contributed by atoms with Gasteiger partial charge in [0, 0.05) is 28.9 Å². The van der Waals surface area contributed by atoms with E-state index in [9.17, 15) is 4.39 Å². The van der Waals surface area contributed by atoms with E-state index >= 15 is 0 Å². The van der Waals surface area contributed by atoms with Gasteiger partial charge in [-0.3, -0.25) is 9.67 Å². The first-order valence-corrected chi connectivity index (χ1v) is 9.09. The Balaban J connectivity index is 1.53. The lowest BCUT2D eigenvalue weighted by molar-refractivity contribution is 0.269. The first-order valence-electron chi connectivity index (χ1n) is 9.09. The first kappa shape index (κ1) is 17.4. The Labute approximate surface area is 164 Å². The fourth-order valence-corrected chi connectivity index (χ4v) is 3.29. The number of hydrogen-bond acceptors (Lipinski definition) is 6. The minimum Gasteiger partial charge on any atom is -0.394 e. The number of aliphatic hydroxyl groups is 1. The molecule has 9 heteroatoms. The summed E-state index contributed by atoms with van der Waals surface area (Å²) in [5.74, 6) is -0.319. The average Bonchev–Trinajstić information content (AvgIpc) is 3.37. The van der Waals surface area contributed by atoms with Gasteiger partial charge in [-0.1, -0.05) is 11.3 Å². The Morgan fingerprint density at radius 3 is 2.86 bits per heavy atom. The van der Waals surface area contributed by atoms with E-state index in [0.29, 0.717) is 39.9 Å². The van der Waals surface area contributed by atoms with Gasteiger partial charge in [0.05, 0.1) is 37.1 Å². The van der Waals surface area contributed by atoms with Gasteiger partial charge in [0.15, 0.2) is 5.65 Å². The summed E-state index contributed by atoms with van der Waals surface area (Å²) in [6.45, 7) is 0.627. The van der Waals surface area contributed by atoms with Crippen molar-refractivity contribution in [3.05, 3.63) is 66.4 Å². The summed E-state index contributed by atoms with van der Waals surface area (Å²) in [6.07, 6.45) is 5.14. The summed E-state index contributed by atoms with van der Waals surface area (Å²) >= 11 is 0. The van der Waals surface area contributed by atoms with Crippen molar-refractivity contribution in [1.29, 1.82) is 0 Å². The van der Waals surface area contributed by atoms with Crippen molar-refractivity contribution >= 4 is 22.1 Å². The number of fused-ring (bicyclic) bond motifs is 2. The van der Waals surface area contributed by atoms with E-state index in [2.05, 4.69) is 25.4 Å². The summed E-state index contributed by atoms with van der Waals surface area (Å²) in [5, 5.41) is 22.0. The van der Waals surface area contributed by atoms with Crippen LogP contribution in [0.3, 0.4) is 0 Å². The number of pyridine rings is 2.